The highest BCUT2D eigenvalue weighted by atomic mass is 16.6. The van der Waals surface area contributed by atoms with Crippen molar-refractivity contribution in [3.8, 4) is 0 Å². The van der Waals surface area contributed by atoms with Crippen molar-refractivity contribution >= 4 is 6.09 Å². The summed E-state index contributed by atoms with van der Waals surface area (Å²) in [6, 6.07) is 9.48. The molecule has 1 N–H and O–H groups in total. The van der Waals surface area contributed by atoms with Crippen molar-refractivity contribution in [1.29, 1.82) is 0 Å². The molecule has 2 atom stereocenters. The minimum Gasteiger partial charge on any atom is -0.445 e. The van der Waals surface area contributed by atoms with E-state index in [1.165, 1.54) is 12.8 Å². The fraction of sp³-hybridized carbons (Fsp3) is 0.609. The summed E-state index contributed by atoms with van der Waals surface area (Å²) >= 11 is 0. The van der Waals surface area contributed by atoms with Gasteiger partial charge in [-0.25, -0.2) is 4.79 Å². The Morgan fingerprint density at radius 1 is 1.18 bits per heavy atom. The lowest BCUT2D eigenvalue weighted by Gasteiger charge is -2.51. The van der Waals surface area contributed by atoms with Crippen LogP contribution in [0.25, 0.3) is 0 Å². The van der Waals surface area contributed by atoms with Crippen molar-refractivity contribution in [2.75, 3.05) is 13.2 Å². The number of fused-ring (bicyclic) bond motifs is 2. The summed E-state index contributed by atoms with van der Waals surface area (Å²) in [5.41, 5.74) is 0.274. The Morgan fingerprint density at radius 2 is 1.86 bits per heavy atom. The van der Waals surface area contributed by atoms with Gasteiger partial charge in [0.1, 0.15) is 6.61 Å². The first-order valence-electron chi connectivity index (χ1n) is 10.5. The highest BCUT2D eigenvalue weighted by molar-refractivity contribution is 5.69. The summed E-state index contributed by atoms with van der Waals surface area (Å²) in [5, 5.41) is 11.1. The molecule has 2 bridgehead atoms. The standard InChI is InChI=1S/C23H33NO4/c1-2-3-4-5-6-10-13-23(26)14-20-17-27-18-21(15-23)24(20)22(25)28-16-19-11-8-7-9-12-19/h2,7-9,11-12,20-21,26H,1,3-6,10,13-18H2. The number of nitrogens with zero attached hydrogens (tertiary/aromatic N) is 1. The summed E-state index contributed by atoms with van der Waals surface area (Å²) in [6.45, 7) is 4.96. The molecule has 2 fully saturated rings. The number of unbranched alkanes of at least 4 members (excludes halogenated alkanes) is 4. The van der Waals surface area contributed by atoms with Gasteiger partial charge in [0.25, 0.3) is 0 Å². The zero-order valence-electron chi connectivity index (χ0n) is 16.7. The number of benzene rings is 1. The molecule has 0 radical (unpaired) electrons. The number of rotatable bonds is 9. The molecule has 1 amide bonds. The van der Waals surface area contributed by atoms with Gasteiger partial charge >= 0.3 is 6.09 Å². The maximum absolute atomic E-state index is 12.7. The number of hydrogen-bond donors (Lipinski definition) is 1. The lowest BCUT2D eigenvalue weighted by molar-refractivity contribution is -0.136. The number of carbonyl (C=O) groups excluding carboxylic acids is 1. The molecule has 2 aliphatic heterocycles. The second kappa shape index (κ2) is 10.1. The van der Waals surface area contributed by atoms with E-state index in [0.29, 0.717) is 26.1 Å². The number of hydrogen-bond acceptors (Lipinski definition) is 4. The summed E-state index contributed by atoms with van der Waals surface area (Å²) < 4.78 is 11.2. The molecule has 1 aromatic carbocycles. The first-order chi connectivity index (χ1) is 13.6. The molecule has 3 rings (SSSR count). The predicted molar refractivity (Wildman–Crippen MR) is 109 cm³/mol. The van der Waals surface area contributed by atoms with Crippen LogP contribution >= 0.6 is 0 Å². The number of aliphatic hydroxyl groups is 1. The molecule has 2 aliphatic rings. The third kappa shape index (κ3) is 5.58. The molecule has 2 heterocycles. The topological polar surface area (TPSA) is 59.0 Å². The van der Waals surface area contributed by atoms with Crippen molar-refractivity contribution in [2.45, 2.75) is 75.7 Å². The van der Waals surface area contributed by atoms with Crippen molar-refractivity contribution in [3.63, 3.8) is 0 Å². The molecule has 0 aliphatic carbocycles. The van der Waals surface area contributed by atoms with Gasteiger partial charge < -0.3 is 14.6 Å². The lowest BCUT2D eigenvalue weighted by atomic mass is 9.78. The molecule has 154 valence electrons. The highest BCUT2D eigenvalue weighted by Crippen LogP contribution is 2.38. The number of piperidine rings is 1. The van der Waals surface area contributed by atoms with E-state index in [4.69, 9.17) is 9.47 Å². The Labute approximate surface area is 168 Å². The van der Waals surface area contributed by atoms with Crippen LogP contribution in [0.1, 0.15) is 56.9 Å². The second-order valence-corrected chi connectivity index (χ2v) is 8.17. The minimum absolute atomic E-state index is 0.110. The smallest absolute Gasteiger partial charge is 0.410 e. The Kier molecular flexibility index (Phi) is 7.51. The van der Waals surface area contributed by atoms with E-state index in [0.717, 1.165) is 31.2 Å². The van der Waals surface area contributed by atoms with Gasteiger partial charge in [0.05, 0.1) is 30.9 Å². The molecule has 0 spiro atoms. The zero-order valence-corrected chi connectivity index (χ0v) is 16.7. The summed E-state index contributed by atoms with van der Waals surface area (Å²) in [6.07, 6.45) is 9.14. The first-order valence-corrected chi connectivity index (χ1v) is 10.5. The van der Waals surface area contributed by atoms with E-state index in [2.05, 4.69) is 6.58 Å². The van der Waals surface area contributed by atoms with Crippen LogP contribution in [0.5, 0.6) is 0 Å². The van der Waals surface area contributed by atoms with Crippen LogP contribution in [0, 0.1) is 0 Å². The summed E-state index contributed by atoms with van der Waals surface area (Å²) in [5.74, 6) is 0. The molecule has 5 nitrogen and oxygen atoms in total. The van der Waals surface area contributed by atoms with Crippen LogP contribution in [0.3, 0.4) is 0 Å². The average Bonchev–Trinajstić information content (AvgIpc) is 2.69. The quantitative estimate of drug-likeness (QED) is 0.503. The van der Waals surface area contributed by atoms with Gasteiger partial charge in [0, 0.05) is 0 Å². The molecule has 28 heavy (non-hydrogen) atoms. The maximum Gasteiger partial charge on any atom is 0.410 e. The average molecular weight is 388 g/mol. The van der Waals surface area contributed by atoms with Crippen LogP contribution < -0.4 is 0 Å². The summed E-state index contributed by atoms with van der Waals surface area (Å²) in [4.78, 5) is 14.5. The second-order valence-electron chi connectivity index (χ2n) is 8.17. The van der Waals surface area contributed by atoms with Crippen LogP contribution in [-0.4, -0.2) is 47.0 Å². The van der Waals surface area contributed by atoms with E-state index in [1.807, 2.05) is 41.3 Å². The van der Waals surface area contributed by atoms with Crippen LogP contribution in [-0.2, 0) is 16.1 Å². The number of carbonyl (C=O) groups is 1. The van der Waals surface area contributed by atoms with Gasteiger partial charge in [0.15, 0.2) is 0 Å². The number of ether oxygens (including phenoxy) is 2. The third-order valence-corrected chi connectivity index (χ3v) is 5.85. The first kappa shape index (κ1) is 20.9. The Balaban J connectivity index is 1.50. The van der Waals surface area contributed by atoms with Gasteiger partial charge in [-0.15, -0.1) is 6.58 Å². The zero-order chi connectivity index (χ0) is 19.8. The molecule has 0 aromatic heterocycles. The number of allylic oxidation sites excluding steroid dienone is 1. The highest BCUT2D eigenvalue weighted by Gasteiger charge is 2.48. The van der Waals surface area contributed by atoms with E-state index < -0.39 is 5.60 Å². The van der Waals surface area contributed by atoms with Crippen LogP contribution in [0.2, 0.25) is 0 Å². The monoisotopic (exact) mass is 387 g/mol. The van der Waals surface area contributed by atoms with E-state index >= 15 is 0 Å². The molecule has 2 unspecified atom stereocenters. The Morgan fingerprint density at radius 3 is 2.54 bits per heavy atom. The SMILES string of the molecule is C=CCCCCCCC1(O)CC2COCC(C1)N2C(=O)OCc1ccccc1. The van der Waals surface area contributed by atoms with Gasteiger partial charge in [-0.2, -0.15) is 0 Å². The molecule has 0 saturated carbocycles. The van der Waals surface area contributed by atoms with Crippen molar-refractivity contribution in [3.05, 3.63) is 48.6 Å². The minimum atomic E-state index is -0.701. The largest absolute Gasteiger partial charge is 0.445 e. The maximum atomic E-state index is 12.7. The van der Waals surface area contributed by atoms with E-state index in [1.54, 1.807) is 0 Å². The normalized spacial score (nSPS) is 26.7. The Bertz CT molecular complexity index is 619. The molecular weight excluding hydrogens is 354 g/mol. The van der Waals surface area contributed by atoms with Crippen molar-refractivity contribution in [2.24, 2.45) is 0 Å². The lowest BCUT2D eigenvalue weighted by Crippen LogP contribution is -2.63. The molecule has 5 heteroatoms. The van der Waals surface area contributed by atoms with Crippen LogP contribution in [0.4, 0.5) is 4.79 Å². The van der Waals surface area contributed by atoms with E-state index in [9.17, 15) is 9.90 Å². The number of amides is 1. The van der Waals surface area contributed by atoms with Gasteiger partial charge in [0.2, 0.25) is 0 Å². The van der Waals surface area contributed by atoms with Gasteiger partial charge in [-0.05, 0) is 37.7 Å². The molecular formula is C23H33NO4. The molecule has 2 saturated heterocycles. The third-order valence-electron chi connectivity index (χ3n) is 5.85. The van der Waals surface area contributed by atoms with Gasteiger partial charge in [-0.3, -0.25) is 4.90 Å². The van der Waals surface area contributed by atoms with Gasteiger partial charge in [-0.1, -0.05) is 55.7 Å². The fourth-order valence-electron chi connectivity index (χ4n) is 4.47. The summed E-state index contributed by atoms with van der Waals surface area (Å²) in [7, 11) is 0. The van der Waals surface area contributed by atoms with Crippen molar-refractivity contribution in [1.82, 2.24) is 4.90 Å². The predicted octanol–water partition coefficient (Wildman–Crippen LogP) is 4.44. The molecule has 1 aromatic rings. The van der Waals surface area contributed by atoms with Crippen molar-refractivity contribution < 1.29 is 19.4 Å². The van der Waals surface area contributed by atoms with Crippen LogP contribution in [0.15, 0.2) is 43.0 Å². The van der Waals surface area contributed by atoms with E-state index in [-0.39, 0.29) is 24.8 Å². The fourth-order valence-corrected chi connectivity index (χ4v) is 4.47. The number of morpholine rings is 1. The Hall–Kier alpha value is -1.85.